The van der Waals surface area contributed by atoms with Crippen molar-refractivity contribution in [3.05, 3.63) is 23.9 Å². The van der Waals surface area contributed by atoms with Gasteiger partial charge in [-0.05, 0) is 17.6 Å². The molecule has 0 bridgehead atoms. The van der Waals surface area contributed by atoms with Crippen LogP contribution in [-0.2, 0) is 0 Å². The van der Waals surface area contributed by atoms with Crippen LogP contribution in [0.2, 0.25) is 0 Å². The van der Waals surface area contributed by atoms with E-state index in [-0.39, 0.29) is 0 Å². The summed E-state index contributed by atoms with van der Waals surface area (Å²) in [6.07, 6.45) is 3.84. The summed E-state index contributed by atoms with van der Waals surface area (Å²) in [5.41, 5.74) is 4.86. The maximum Gasteiger partial charge on any atom is 0.0507 e. The van der Waals surface area contributed by atoms with Crippen molar-refractivity contribution in [3.8, 4) is 0 Å². The van der Waals surface area contributed by atoms with Gasteiger partial charge in [0.25, 0.3) is 0 Å². The van der Waals surface area contributed by atoms with Gasteiger partial charge in [0.2, 0.25) is 0 Å². The molecule has 10 heavy (non-hydrogen) atoms. The van der Waals surface area contributed by atoms with E-state index in [1.54, 1.807) is 0 Å². The van der Waals surface area contributed by atoms with Gasteiger partial charge < -0.3 is 0 Å². The van der Waals surface area contributed by atoms with Crippen molar-refractivity contribution in [1.82, 2.24) is 5.43 Å². The summed E-state index contributed by atoms with van der Waals surface area (Å²) in [6, 6.07) is 0. The molecule has 1 N–H and O–H groups in total. The van der Waals surface area contributed by atoms with Crippen LogP contribution in [0.25, 0.3) is 0 Å². The Morgan fingerprint density at radius 1 is 1.60 bits per heavy atom. The lowest BCUT2D eigenvalue weighted by molar-refractivity contribution is 0.786. The maximum atomic E-state index is 3.92. The van der Waals surface area contributed by atoms with Crippen LogP contribution < -0.4 is 5.43 Å². The summed E-state index contributed by atoms with van der Waals surface area (Å²) in [4.78, 5) is 0. The number of allylic oxidation sites excluding steroid dienone is 2. The van der Waals surface area contributed by atoms with Crippen LogP contribution in [0.1, 0.15) is 13.8 Å². The molecule has 0 aromatic heterocycles. The van der Waals surface area contributed by atoms with Crippen LogP contribution in [-0.4, -0.2) is 6.21 Å². The Morgan fingerprint density at radius 3 is 2.70 bits per heavy atom. The molecule has 0 aromatic rings. The number of hydrogen-bond donors (Lipinski definition) is 1. The van der Waals surface area contributed by atoms with Crippen molar-refractivity contribution >= 4 is 6.21 Å². The van der Waals surface area contributed by atoms with Gasteiger partial charge in [0, 0.05) is 5.70 Å². The molecule has 0 aliphatic carbocycles. The minimum Gasteiger partial charge on any atom is -0.279 e. The van der Waals surface area contributed by atoms with Gasteiger partial charge >= 0.3 is 0 Å². The second-order valence-electron chi connectivity index (χ2n) is 2.69. The quantitative estimate of drug-likeness (QED) is 0.582. The van der Waals surface area contributed by atoms with Crippen LogP contribution >= 0.6 is 0 Å². The van der Waals surface area contributed by atoms with E-state index in [1.807, 2.05) is 12.3 Å². The first-order valence-corrected chi connectivity index (χ1v) is 3.39. The van der Waals surface area contributed by atoms with Gasteiger partial charge in [0.1, 0.15) is 0 Å². The summed E-state index contributed by atoms with van der Waals surface area (Å²) in [5, 5.41) is 3.92. The normalized spacial score (nSPS) is 17.1. The first-order chi connectivity index (χ1) is 4.70. The average molecular weight is 136 g/mol. The zero-order valence-electron chi connectivity index (χ0n) is 6.39. The third-order valence-corrected chi connectivity index (χ3v) is 1.43. The highest BCUT2D eigenvalue weighted by Gasteiger charge is 2.03. The van der Waals surface area contributed by atoms with E-state index in [4.69, 9.17) is 0 Å². The SMILES string of the molecule is C=C1C=C(C(C)C)C=NN1. The van der Waals surface area contributed by atoms with Crippen molar-refractivity contribution in [3.63, 3.8) is 0 Å². The van der Waals surface area contributed by atoms with Gasteiger partial charge in [-0.1, -0.05) is 20.4 Å². The van der Waals surface area contributed by atoms with Crippen LogP contribution in [0, 0.1) is 5.92 Å². The Balaban J connectivity index is 2.76. The summed E-state index contributed by atoms with van der Waals surface area (Å²) < 4.78 is 0. The van der Waals surface area contributed by atoms with E-state index in [1.165, 1.54) is 5.57 Å². The highest BCUT2D eigenvalue weighted by molar-refractivity contribution is 5.80. The van der Waals surface area contributed by atoms with Crippen molar-refractivity contribution < 1.29 is 0 Å². The van der Waals surface area contributed by atoms with Crippen LogP contribution in [0.4, 0.5) is 0 Å². The molecule has 0 spiro atoms. The molecule has 0 fully saturated rings. The lowest BCUT2D eigenvalue weighted by Gasteiger charge is -2.11. The molecule has 0 unspecified atom stereocenters. The average Bonchev–Trinajstić information content (AvgIpc) is 1.88. The predicted octanol–water partition coefficient (Wildman–Crippen LogP) is 1.67. The largest absolute Gasteiger partial charge is 0.279 e. The smallest absolute Gasteiger partial charge is 0.0507 e. The molecule has 0 atom stereocenters. The zero-order valence-corrected chi connectivity index (χ0v) is 6.39. The number of rotatable bonds is 1. The van der Waals surface area contributed by atoms with Gasteiger partial charge in [-0.25, -0.2) is 0 Å². The van der Waals surface area contributed by atoms with E-state index < -0.39 is 0 Å². The minimum atomic E-state index is 0.530. The fourth-order valence-corrected chi connectivity index (χ4v) is 0.776. The fourth-order valence-electron chi connectivity index (χ4n) is 0.776. The first kappa shape index (κ1) is 7.06. The molecule has 1 aliphatic rings. The number of hydrazone groups is 1. The molecule has 1 heterocycles. The van der Waals surface area contributed by atoms with E-state index >= 15 is 0 Å². The van der Waals surface area contributed by atoms with Gasteiger partial charge in [-0.15, -0.1) is 0 Å². The van der Waals surface area contributed by atoms with Crippen LogP contribution in [0.15, 0.2) is 29.0 Å². The molecule has 1 rings (SSSR count). The molecule has 0 saturated carbocycles. The maximum absolute atomic E-state index is 3.92. The standard InChI is InChI=1S/C8H12N2/c1-6(2)8-4-7(3)10-9-5-8/h4-6,10H,3H2,1-2H3. The predicted molar refractivity (Wildman–Crippen MR) is 43.7 cm³/mol. The van der Waals surface area contributed by atoms with Gasteiger partial charge in [0.05, 0.1) is 6.21 Å². The first-order valence-electron chi connectivity index (χ1n) is 3.39. The minimum absolute atomic E-state index is 0.530. The Morgan fingerprint density at radius 2 is 2.30 bits per heavy atom. The molecular formula is C8H12N2. The van der Waals surface area contributed by atoms with E-state index in [2.05, 4.69) is 31.0 Å². The molecular weight excluding hydrogens is 124 g/mol. The van der Waals surface area contributed by atoms with E-state index in [9.17, 15) is 0 Å². The fraction of sp³-hybridized carbons (Fsp3) is 0.375. The summed E-state index contributed by atoms with van der Waals surface area (Å²) >= 11 is 0. The third kappa shape index (κ3) is 1.47. The van der Waals surface area contributed by atoms with Crippen molar-refractivity contribution in [2.45, 2.75) is 13.8 Å². The number of hydrogen-bond acceptors (Lipinski definition) is 2. The highest BCUT2D eigenvalue weighted by atomic mass is 15.3. The van der Waals surface area contributed by atoms with E-state index in [0.29, 0.717) is 5.92 Å². The van der Waals surface area contributed by atoms with Gasteiger partial charge in [0.15, 0.2) is 0 Å². The third-order valence-electron chi connectivity index (χ3n) is 1.43. The molecule has 54 valence electrons. The van der Waals surface area contributed by atoms with Crippen molar-refractivity contribution in [2.24, 2.45) is 11.0 Å². The monoisotopic (exact) mass is 136 g/mol. The Hall–Kier alpha value is -1.05. The molecule has 0 radical (unpaired) electrons. The van der Waals surface area contributed by atoms with Crippen LogP contribution in [0.3, 0.4) is 0 Å². The molecule has 2 nitrogen and oxygen atoms in total. The van der Waals surface area contributed by atoms with Gasteiger partial charge in [-0.3, -0.25) is 5.43 Å². The number of nitrogens with one attached hydrogen (secondary N) is 1. The van der Waals surface area contributed by atoms with Gasteiger partial charge in [-0.2, -0.15) is 5.10 Å². The van der Waals surface area contributed by atoms with Crippen LogP contribution in [0.5, 0.6) is 0 Å². The Bertz CT molecular complexity index is 199. The molecule has 0 amide bonds. The van der Waals surface area contributed by atoms with Crippen molar-refractivity contribution in [1.29, 1.82) is 0 Å². The second kappa shape index (κ2) is 2.69. The Labute approximate surface area is 61.3 Å². The molecule has 0 saturated heterocycles. The van der Waals surface area contributed by atoms with Crippen molar-refractivity contribution in [2.75, 3.05) is 0 Å². The lowest BCUT2D eigenvalue weighted by atomic mass is 10.0. The summed E-state index contributed by atoms with van der Waals surface area (Å²) in [6.45, 7) is 8.02. The second-order valence-corrected chi connectivity index (χ2v) is 2.69. The number of nitrogens with zero attached hydrogens (tertiary/aromatic N) is 1. The lowest BCUT2D eigenvalue weighted by Crippen LogP contribution is -2.11. The molecule has 1 aliphatic heterocycles. The Kier molecular flexibility index (Phi) is 1.90. The summed E-state index contributed by atoms with van der Waals surface area (Å²) in [7, 11) is 0. The zero-order chi connectivity index (χ0) is 7.56. The summed E-state index contributed by atoms with van der Waals surface area (Å²) in [5.74, 6) is 0.530. The molecule has 2 heteroatoms. The highest BCUT2D eigenvalue weighted by Crippen LogP contribution is 2.10. The molecule has 0 aromatic carbocycles. The van der Waals surface area contributed by atoms with E-state index in [0.717, 1.165) is 5.70 Å². The topological polar surface area (TPSA) is 24.4 Å².